The van der Waals surface area contributed by atoms with Crippen LogP contribution in [-0.4, -0.2) is 16.2 Å². The van der Waals surface area contributed by atoms with E-state index in [0.29, 0.717) is 0 Å². The maximum atomic E-state index is 6.07. The summed E-state index contributed by atoms with van der Waals surface area (Å²) in [5, 5.41) is 0. The van der Waals surface area contributed by atoms with Gasteiger partial charge in [-0.15, -0.1) is 0 Å². The lowest BCUT2D eigenvalue weighted by Crippen LogP contribution is -2.24. The average Bonchev–Trinajstić information content (AvgIpc) is 2.24. The van der Waals surface area contributed by atoms with E-state index < -0.39 is 9.04 Å². The third-order valence-electron chi connectivity index (χ3n) is 3.22. The van der Waals surface area contributed by atoms with Crippen LogP contribution in [0.4, 0.5) is 0 Å². The van der Waals surface area contributed by atoms with Crippen LogP contribution in [0.25, 0.3) is 0 Å². The highest BCUT2D eigenvalue weighted by Crippen LogP contribution is 2.48. The molecule has 0 heterocycles. The molecule has 4 heteroatoms. The van der Waals surface area contributed by atoms with E-state index in [2.05, 4.69) is 76.6 Å². The molecule has 0 N–H and O–H groups in total. The molecule has 0 saturated heterocycles. The highest BCUT2D eigenvalue weighted by atomic mass is 79.9. The van der Waals surface area contributed by atoms with Crippen molar-refractivity contribution < 1.29 is 9.16 Å². The second-order valence-corrected chi connectivity index (χ2v) is 10.5. The molecule has 0 saturated carbocycles. The van der Waals surface area contributed by atoms with Crippen LogP contribution in [0.5, 0.6) is 11.5 Å². The van der Waals surface area contributed by atoms with Crippen LogP contribution in [0.2, 0.25) is 13.1 Å². The molecule has 0 aliphatic rings. The highest BCUT2D eigenvalue weighted by molar-refractivity contribution is 9.10. The predicted octanol–water partition coefficient (Wildman–Crippen LogP) is 5.68. The van der Waals surface area contributed by atoms with Gasteiger partial charge in [-0.1, -0.05) is 57.5 Å². The van der Waals surface area contributed by atoms with E-state index in [1.54, 1.807) is 7.11 Å². The number of methoxy groups -OCH3 is 1. The molecule has 1 radical (unpaired) electrons. The number of hydrogen-bond acceptors (Lipinski definition) is 2. The smallest absolute Gasteiger partial charge is 0.274 e. The van der Waals surface area contributed by atoms with E-state index in [4.69, 9.17) is 9.16 Å². The molecular formula is C17H28BrO2Si. The summed E-state index contributed by atoms with van der Waals surface area (Å²) in [4.78, 5) is 0. The van der Waals surface area contributed by atoms with Crippen molar-refractivity contribution in [3.8, 4) is 11.5 Å². The van der Waals surface area contributed by atoms with E-state index in [0.717, 1.165) is 16.0 Å². The minimum absolute atomic E-state index is 0.0236. The van der Waals surface area contributed by atoms with Crippen molar-refractivity contribution in [1.82, 2.24) is 0 Å². The molecule has 0 aliphatic heterocycles. The molecule has 1 rings (SSSR count). The molecule has 0 aliphatic carbocycles. The highest BCUT2D eigenvalue weighted by Gasteiger charge is 2.33. The van der Waals surface area contributed by atoms with E-state index in [1.165, 1.54) is 11.1 Å². The molecule has 2 nitrogen and oxygen atoms in total. The van der Waals surface area contributed by atoms with E-state index >= 15 is 0 Å². The zero-order valence-corrected chi connectivity index (χ0v) is 17.4. The van der Waals surface area contributed by atoms with Gasteiger partial charge in [-0.05, 0) is 35.6 Å². The van der Waals surface area contributed by atoms with Crippen LogP contribution in [0.15, 0.2) is 10.5 Å². The largest absolute Gasteiger partial charge is 0.540 e. The number of benzene rings is 1. The van der Waals surface area contributed by atoms with E-state index in [-0.39, 0.29) is 10.8 Å². The molecule has 119 valence electrons. The quantitative estimate of drug-likeness (QED) is 0.635. The third-order valence-corrected chi connectivity index (χ3v) is 4.47. The Hall–Kier alpha value is -0.483. The Morgan fingerprint density at radius 2 is 1.43 bits per heavy atom. The van der Waals surface area contributed by atoms with E-state index in [9.17, 15) is 0 Å². The summed E-state index contributed by atoms with van der Waals surface area (Å²) >= 11 is 3.76. The van der Waals surface area contributed by atoms with Crippen molar-refractivity contribution in [3.63, 3.8) is 0 Å². The first-order valence-corrected chi connectivity index (χ1v) is 10.5. The maximum absolute atomic E-state index is 6.07. The van der Waals surface area contributed by atoms with Crippen molar-refractivity contribution >= 4 is 25.0 Å². The first-order valence-electron chi connectivity index (χ1n) is 7.29. The van der Waals surface area contributed by atoms with Gasteiger partial charge in [0.05, 0.1) is 7.11 Å². The Morgan fingerprint density at radius 3 is 1.76 bits per heavy atom. The van der Waals surface area contributed by atoms with Crippen LogP contribution in [0, 0.1) is 0 Å². The Labute approximate surface area is 140 Å². The summed E-state index contributed by atoms with van der Waals surface area (Å²) in [6.07, 6.45) is 0. The predicted molar refractivity (Wildman–Crippen MR) is 96.2 cm³/mol. The van der Waals surface area contributed by atoms with Gasteiger partial charge < -0.3 is 9.16 Å². The molecule has 0 aromatic heterocycles. The first-order chi connectivity index (χ1) is 9.39. The molecule has 21 heavy (non-hydrogen) atoms. The van der Waals surface area contributed by atoms with Crippen LogP contribution in [-0.2, 0) is 10.8 Å². The molecule has 0 bridgehead atoms. The molecule has 0 unspecified atom stereocenters. The Kier molecular flexibility index (Phi) is 5.60. The number of ether oxygens (including phenoxy) is 1. The molecule has 0 amide bonds. The van der Waals surface area contributed by atoms with Crippen molar-refractivity contribution in [2.45, 2.75) is 65.5 Å². The summed E-state index contributed by atoms with van der Waals surface area (Å²) in [6.45, 7) is 17.6. The van der Waals surface area contributed by atoms with Gasteiger partial charge in [0.1, 0.15) is 5.75 Å². The molecular weight excluding hydrogens is 344 g/mol. The fraction of sp³-hybridized carbons (Fsp3) is 0.647. The number of hydrogen-bond donors (Lipinski definition) is 0. The molecule has 0 atom stereocenters. The molecule has 1 aromatic carbocycles. The average molecular weight is 372 g/mol. The maximum Gasteiger partial charge on any atom is 0.274 e. The van der Waals surface area contributed by atoms with Crippen LogP contribution in [0.1, 0.15) is 52.7 Å². The lowest BCUT2D eigenvalue weighted by molar-refractivity contribution is 0.373. The lowest BCUT2D eigenvalue weighted by Gasteiger charge is -2.34. The Morgan fingerprint density at radius 1 is 0.952 bits per heavy atom. The van der Waals surface area contributed by atoms with Gasteiger partial charge in [0, 0.05) is 10.0 Å². The SMILES string of the molecule is COc1c(O[Si](C)C)cc(Br)c(C(C)(C)C)c1C(C)(C)C. The number of halogens is 1. The van der Waals surface area contributed by atoms with Gasteiger partial charge in [0.2, 0.25) is 0 Å². The van der Waals surface area contributed by atoms with Gasteiger partial charge in [-0.2, -0.15) is 0 Å². The van der Waals surface area contributed by atoms with Crippen LogP contribution < -0.4 is 9.16 Å². The van der Waals surface area contributed by atoms with Crippen LogP contribution in [0.3, 0.4) is 0 Å². The van der Waals surface area contributed by atoms with E-state index in [1.807, 2.05) is 0 Å². The Bertz CT molecular complexity index is 511. The minimum Gasteiger partial charge on any atom is -0.540 e. The van der Waals surface area contributed by atoms with Gasteiger partial charge in [-0.3, -0.25) is 0 Å². The van der Waals surface area contributed by atoms with Crippen molar-refractivity contribution in [1.29, 1.82) is 0 Å². The van der Waals surface area contributed by atoms with Crippen molar-refractivity contribution in [2.24, 2.45) is 0 Å². The fourth-order valence-corrected chi connectivity index (χ4v) is 4.15. The monoisotopic (exact) mass is 371 g/mol. The van der Waals surface area contributed by atoms with Crippen LogP contribution >= 0.6 is 15.9 Å². The zero-order valence-electron chi connectivity index (χ0n) is 14.8. The Balaban J connectivity index is 3.77. The van der Waals surface area contributed by atoms with Crippen molar-refractivity contribution in [3.05, 3.63) is 21.7 Å². The summed E-state index contributed by atoms with van der Waals surface area (Å²) < 4.78 is 12.9. The van der Waals surface area contributed by atoms with Gasteiger partial charge in [-0.25, -0.2) is 0 Å². The second kappa shape index (κ2) is 6.33. The minimum atomic E-state index is -0.845. The van der Waals surface area contributed by atoms with Crippen molar-refractivity contribution in [2.75, 3.05) is 7.11 Å². The first kappa shape index (κ1) is 18.6. The summed E-state index contributed by atoms with van der Waals surface area (Å²) in [5.74, 6) is 1.73. The summed E-state index contributed by atoms with van der Waals surface area (Å²) in [5.41, 5.74) is 2.52. The van der Waals surface area contributed by atoms with Gasteiger partial charge >= 0.3 is 0 Å². The molecule has 1 aromatic rings. The third kappa shape index (κ3) is 4.25. The van der Waals surface area contributed by atoms with Gasteiger partial charge in [0.15, 0.2) is 5.75 Å². The lowest BCUT2D eigenvalue weighted by atomic mass is 9.74. The topological polar surface area (TPSA) is 18.5 Å². The normalized spacial score (nSPS) is 12.7. The second-order valence-electron chi connectivity index (χ2n) is 7.65. The van der Waals surface area contributed by atoms with Gasteiger partial charge in [0.25, 0.3) is 9.04 Å². The molecule has 0 spiro atoms. The molecule has 0 fully saturated rings. The summed E-state index contributed by atoms with van der Waals surface area (Å²) in [7, 11) is 0.886. The summed E-state index contributed by atoms with van der Waals surface area (Å²) in [6, 6.07) is 2.06. The standard InChI is InChI=1S/C17H28BrO2Si/c1-16(2,3)13-11(18)10-12(20-21(8)9)15(19-7)14(13)17(4,5)6/h10H,1-9H3. The number of rotatable bonds is 3. The zero-order chi connectivity index (χ0) is 16.6. The fourth-order valence-electron chi connectivity index (χ4n) is 2.56.